The minimum atomic E-state index is -0.329. The van der Waals surface area contributed by atoms with Gasteiger partial charge in [-0.1, -0.05) is 49.7 Å². The number of nitrogens with zero attached hydrogens (tertiary/aromatic N) is 3. The first kappa shape index (κ1) is 32.2. The lowest BCUT2D eigenvalue weighted by atomic mass is 9.96. The summed E-state index contributed by atoms with van der Waals surface area (Å²) in [7, 11) is 1.65. The fraction of sp³-hybridized carbons (Fsp3) is 0.229. The molecule has 5 aromatic rings. The molecule has 4 aromatic carbocycles. The zero-order valence-electron chi connectivity index (χ0n) is 25.5. The first-order valence-corrected chi connectivity index (χ1v) is 15.6. The molecule has 1 heterocycles. The van der Waals surface area contributed by atoms with Crippen LogP contribution in [0.15, 0.2) is 81.1 Å². The van der Waals surface area contributed by atoms with Crippen LogP contribution in [0.3, 0.4) is 0 Å². The normalized spacial score (nSPS) is 11.5. The third-order valence-electron chi connectivity index (χ3n) is 7.26. The van der Waals surface area contributed by atoms with Crippen LogP contribution in [0.1, 0.15) is 48.9 Å². The quantitative estimate of drug-likeness (QED) is 0.137. The number of para-hydroxylation sites is 1. The number of hydrogen-bond donors (Lipinski definition) is 0. The molecule has 0 aliphatic rings. The van der Waals surface area contributed by atoms with Gasteiger partial charge in [0.05, 0.1) is 30.8 Å². The third-order valence-corrected chi connectivity index (χ3v) is 8.70. The summed E-state index contributed by atoms with van der Waals surface area (Å²) in [6.45, 7) is 8.48. The molecular formula is C35H32BrClFN3O4. The minimum absolute atomic E-state index is 0.154. The lowest BCUT2D eigenvalue weighted by Gasteiger charge is -2.18. The predicted molar refractivity (Wildman–Crippen MR) is 181 cm³/mol. The van der Waals surface area contributed by atoms with Crippen LogP contribution in [-0.2, 0) is 6.61 Å². The van der Waals surface area contributed by atoms with Gasteiger partial charge in [-0.05, 0) is 94.9 Å². The summed E-state index contributed by atoms with van der Waals surface area (Å²) in [5.41, 5.74) is 4.20. The van der Waals surface area contributed by atoms with E-state index in [1.54, 1.807) is 37.4 Å². The van der Waals surface area contributed by atoms with Gasteiger partial charge in [-0.25, -0.2) is 9.37 Å². The molecule has 0 amide bonds. The largest absolute Gasteiger partial charge is 0.496 e. The Labute approximate surface area is 274 Å². The highest BCUT2D eigenvalue weighted by atomic mass is 79.9. The minimum Gasteiger partial charge on any atom is -0.496 e. The molecule has 0 fully saturated rings. The molecule has 1 aromatic heterocycles. The van der Waals surface area contributed by atoms with Crippen molar-refractivity contribution in [2.75, 3.05) is 13.7 Å². The van der Waals surface area contributed by atoms with Crippen LogP contribution in [0.5, 0.6) is 17.2 Å². The Morgan fingerprint density at radius 1 is 1.07 bits per heavy atom. The highest BCUT2D eigenvalue weighted by molar-refractivity contribution is 9.10. The van der Waals surface area contributed by atoms with Crippen LogP contribution < -0.4 is 19.8 Å². The van der Waals surface area contributed by atoms with E-state index in [0.717, 1.165) is 28.0 Å². The second kappa shape index (κ2) is 13.8. The van der Waals surface area contributed by atoms with Gasteiger partial charge in [-0.15, -0.1) is 0 Å². The van der Waals surface area contributed by atoms with Gasteiger partial charge in [0.1, 0.15) is 23.2 Å². The van der Waals surface area contributed by atoms with E-state index < -0.39 is 0 Å². The Hall–Kier alpha value is -4.21. The fourth-order valence-electron chi connectivity index (χ4n) is 4.92. The SMILES string of the molecule is CCOc1cc(C=Nn2c(-c3cc(C(C)C)c(OC)cc3C)nc3ccccc3c2=O)c(Br)c(Cl)c1OCc1ccc(F)cc1. The van der Waals surface area contributed by atoms with Crippen molar-refractivity contribution >= 4 is 44.6 Å². The zero-order valence-corrected chi connectivity index (χ0v) is 27.9. The van der Waals surface area contributed by atoms with E-state index in [0.29, 0.717) is 44.9 Å². The van der Waals surface area contributed by atoms with Crippen molar-refractivity contribution in [1.29, 1.82) is 0 Å². The number of benzene rings is 4. The Bertz CT molecular complexity index is 1960. The molecule has 45 heavy (non-hydrogen) atoms. The number of aromatic nitrogens is 2. The van der Waals surface area contributed by atoms with Crippen LogP contribution in [-0.4, -0.2) is 29.6 Å². The molecule has 0 aliphatic heterocycles. The lowest BCUT2D eigenvalue weighted by Crippen LogP contribution is -2.21. The summed E-state index contributed by atoms with van der Waals surface area (Å²) in [6.07, 6.45) is 1.53. The van der Waals surface area contributed by atoms with E-state index in [9.17, 15) is 9.18 Å². The van der Waals surface area contributed by atoms with Gasteiger partial charge < -0.3 is 14.2 Å². The molecule has 0 radical (unpaired) electrons. The first-order valence-electron chi connectivity index (χ1n) is 14.4. The number of hydrogen-bond acceptors (Lipinski definition) is 6. The molecule has 10 heteroatoms. The molecule has 0 aliphatic carbocycles. The molecule has 0 atom stereocenters. The molecule has 0 saturated heterocycles. The van der Waals surface area contributed by atoms with Gasteiger partial charge in [0.25, 0.3) is 5.56 Å². The third kappa shape index (κ3) is 6.74. The Morgan fingerprint density at radius 3 is 2.49 bits per heavy atom. The van der Waals surface area contributed by atoms with E-state index in [1.807, 2.05) is 38.1 Å². The molecule has 7 nitrogen and oxygen atoms in total. The molecule has 5 rings (SSSR count). The average molecular weight is 693 g/mol. The average Bonchev–Trinajstić information content (AvgIpc) is 3.03. The van der Waals surface area contributed by atoms with E-state index in [2.05, 4.69) is 34.9 Å². The maximum absolute atomic E-state index is 13.9. The van der Waals surface area contributed by atoms with Gasteiger partial charge in [0.2, 0.25) is 0 Å². The number of methoxy groups -OCH3 is 1. The van der Waals surface area contributed by atoms with Crippen molar-refractivity contribution in [1.82, 2.24) is 9.66 Å². The Balaban J connectivity index is 1.63. The summed E-state index contributed by atoms with van der Waals surface area (Å²) in [5, 5.41) is 5.36. The predicted octanol–water partition coefficient (Wildman–Crippen LogP) is 8.92. The van der Waals surface area contributed by atoms with Gasteiger partial charge in [0.15, 0.2) is 17.3 Å². The van der Waals surface area contributed by atoms with Crippen molar-refractivity contribution < 1.29 is 18.6 Å². The van der Waals surface area contributed by atoms with Crippen molar-refractivity contribution in [3.8, 4) is 28.6 Å². The Morgan fingerprint density at radius 2 is 1.80 bits per heavy atom. The van der Waals surface area contributed by atoms with E-state index in [-0.39, 0.29) is 28.9 Å². The number of aryl methyl sites for hydroxylation is 1. The maximum atomic E-state index is 13.9. The van der Waals surface area contributed by atoms with Crippen LogP contribution in [0.4, 0.5) is 4.39 Å². The summed E-state index contributed by atoms with van der Waals surface area (Å²) in [4.78, 5) is 18.8. The number of halogens is 3. The Kier molecular flexibility index (Phi) is 9.90. The van der Waals surface area contributed by atoms with Crippen molar-refractivity contribution in [2.45, 2.75) is 40.2 Å². The standard InChI is InChI=1S/C35H32BrClFN3O4/c1-6-44-30-16-23(31(36)32(37)33(30)45-19-22-11-13-24(38)14-12-22)18-39-41-34(40-28-10-8-7-9-25(28)35(41)42)27-17-26(20(2)3)29(43-5)15-21(27)4/h7-18,20H,6,19H2,1-5H3. The lowest BCUT2D eigenvalue weighted by molar-refractivity contribution is 0.269. The summed E-state index contributed by atoms with van der Waals surface area (Å²) >= 11 is 10.4. The van der Waals surface area contributed by atoms with Crippen LogP contribution in [0.25, 0.3) is 22.3 Å². The highest BCUT2D eigenvalue weighted by Crippen LogP contribution is 2.43. The maximum Gasteiger partial charge on any atom is 0.282 e. The van der Waals surface area contributed by atoms with E-state index >= 15 is 0 Å². The zero-order chi connectivity index (χ0) is 32.2. The first-order chi connectivity index (χ1) is 21.6. The molecule has 0 saturated carbocycles. The molecule has 0 unspecified atom stereocenters. The molecule has 232 valence electrons. The summed E-state index contributed by atoms with van der Waals surface area (Å²) in [6, 6.07) is 18.9. The van der Waals surface area contributed by atoms with Crippen LogP contribution >= 0.6 is 27.5 Å². The van der Waals surface area contributed by atoms with Crippen molar-refractivity contribution in [3.05, 3.63) is 115 Å². The van der Waals surface area contributed by atoms with E-state index in [1.165, 1.54) is 23.0 Å². The number of rotatable bonds is 10. The monoisotopic (exact) mass is 691 g/mol. The van der Waals surface area contributed by atoms with Gasteiger partial charge in [-0.2, -0.15) is 9.78 Å². The summed E-state index contributed by atoms with van der Waals surface area (Å²) in [5.74, 6) is 1.72. The molecule has 0 bridgehead atoms. The van der Waals surface area contributed by atoms with Crippen molar-refractivity contribution in [3.63, 3.8) is 0 Å². The van der Waals surface area contributed by atoms with Crippen LogP contribution in [0, 0.1) is 12.7 Å². The van der Waals surface area contributed by atoms with Gasteiger partial charge in [0, 0.05) is 15.6 Å². The summed E-state index contributed by atoms with van der Waals surface area (Å²) < 4.78 is 32.7. The smallest absolute Gasteiger partial charge is 0.282 e. The molecular weight excluding hydrogens is 661 g/mol. The topological polar surface area (TPSA) is 74.9 Å². The molecule has 0 spiro atoms. The fourth-order valence-corrected chi connectivity index (χ4v) is 5.58. The van der Waals surface area contributed by atoms with Gasteiger partial charge >= 0.3 is 0 Å². The second-order valence-electron chi connectivity index (χ2n) is 10.6. The van der Waals surface area contributed by atoms with Crippen LogP contribution in [0.2, 0.25) is 5.02 Å². The highest BCUT2D eigenvalue weighted by Gasteiger charge is 2.20. The number of fused-ring (bicyclic) bond motifs is 1. The van der Waals surface area contributed by atoms with Crippen molar-refractivity contribution in [2.24, 2.45) is 5.10 Å². The van der Waals surface area contributed by atoms with Gasteiger partial charge in [-0.3, -0.25) is 4.79 Å². The molecule has 0 N–H and O–H groups in total. The van der Waals surface area contributed by atoms with E-state index in [4.69, 9.17) is 30.8 Å². The second-order valence-corrected chi connectivity index (χ2v) is 11.8. The number of ether oxygens (including phenoxy) is 3.